The highest BCUT2D eigenvalue weighted by Gasteiger charge is 2.20. The van der Waals surface area contributed by atoms with Gasteiger partial charge < -0.3 is 9.73 Å². The Hall–Kier alpha value is -3.25. The summed E-state index contributed by atoms with van der Waals surface area (Å²) in [4.78, 5) is 21.5. The number of carbonyl (C=O) groups excluding carboxylic acids is 1. The van der Waals surface area contributed by atoms with Crippen LogP contribution in [-0.4, -0.2) is 15.9 Å². The van der Waals surface area contributed by atoms with E-state index in [1.54, 1.807) is 12.5 Å². The van der Waals surface area contributed by atoms with E-state index in [9.17, 15) is 4.79 Å². The molecule has 0 saturated heterocycles. The molecule has 5 nitrogen and oxygen atoms in total. The second kappa shape index (κ2) is 7.97. The molecule has 1 atom stereocenters. The van der Waals surface area contributed by atoms with E-state index in [2.05, 4.69) is 15.3 Å². The van der Waals surface area contributed by atoms with Crippen LogP contribution >= 0.6 is 11.3 Å². The molecule has 1 amide bonds. The Balaban J connectivity index is 1.49. The molecule has 3 heterocycles. The van der Waals surface area contributed by atoms with Crippen LogP contribution in [0.5, 0.6) is 0 Å². The molecular weight excluding hydrogens is 358 g/mol. The summed E-state index contributed by atoms with van der Waals surface area (Å²) in [5.41, 5.74) is 2.50. The number of carbonyl (C=O) groups is 1. The van der Waals surface area contributed by atoms with Crippen molar-refractivity contribution in [2.24, 2.45) is 0 Å². The fraction of sp³-hybridized carbons (Fsp3) is 0.0952. The average molecular weight is 375 g/mol. The van der Waals surface area contributed by atoms with E-state index in [-0.39, 0.29) is 18.4 Å². The maximum absolute atomic E-state index is 12.6. The SMILES string of the molecule is O=C(Cc1csc(-c2ccccn2)n1)NC(c1ccccc1)c1ccco1. The monoisotopic (exact) mass is 375 g/mol. The van der Waals surface area contributed by atoms with Crippen LogP contribution in [0.15, 0.2) is 82.9 Å². The Morgan fingerprint density at radius 2 is 1.93 bits per heavy atom. The molecule has 1 aromatic carbocycles. The van der Waals surface area contributed by atoms with Gasteiger partial charge in [0.1, 0.15) is 16.8 Å². The van der Waals surface area contributed by atoms with Crippen LogP contribution in [0.3, 0.4) is 0 Å². The highest BCUT2D eigenvalue weighted by molar-refractivity contribution is 7.13. The Morgan fingerprint density at radius 1 is 1.07 bits per heavy atom. The number of thiazole rings is 1. The highest BCUT2D eigenvalue weighted by Crippen LogP contribution is 2.24. The predicted octanol–water partition coefficient (Wildman–Crippen LogP) is 4.25. The number of nitrogens with one attached hydrogen (secondary N) is 1. The molecule has 0 fully saturated rings. The molecule has 0 aliphatic heterocycles. The van der Waals surface area contributed by atoms with Gasteiger partial charge in [-0.2, -0.15) is 0 Å². The minimum absolute atomic E-state index is 0.113. The predicted molar refractivity (Wildman–Crippen MR) is 104 cm³/mol. The molecule has 0 radical (unpaired) electrons. The van der Waals surface area contributed by atoms with Crippen molar-refractivity contribution in [3.63, 3.8) is 0 Å². The summed E-state index contributed by atoms with van der Waals surface area (Å²) >= 11 is 1.49. The largest absolute Gasteiger partial charge is 0.467 e. The molecule has 1 N–H and O–H groups in total. The van der Waals surface area contributed by atoms with Crippen LogP contribution in [0, 0.1) is 0 Å². The van der Waals surface area contributed by atoms with E-state index in [0.29, 0.717) is 5.76 Å². The molecule has 4 rings (SSSR count). The normalized spacial score (nSPS) is 11.9. The maximum Gasteiger partial charge on any atom is 0.226 e. The number of nitrogens with zero attached hydrogens (tertiary/aromatic N) is 2. The van der Waals surface area contributed by atoms with E-state index < -0.39 is 0 Å². The van der Waals surface area contributed by atoms with Gasteiger partial charge in [0.15, 0.2) is 0 Å². The molecule has 4 aromatic rings. The van der Waals surface area contributed by atoms with Crippen LogP contribution in [0.4, 0.5) is 0 Å². The Kier molecular flexibility index (Phi) is 5.07. The second-order valence-electron chi connectivity index (χ2n) is 5.96. The van der Waals surface area contributed by atoms with Gasteiger partial charge in [0.25, 0.3) is 0 Å². The maximum atomic E-state index is 12.6. The van der Waals surface area contributed by atoms with Gasteiger partial charge >= 0.3 is 0 Å². The molecule has 0 aliphatic rings. The van der Waals surface area contributed by atoms with E-state index in [1.165, 1.54) is 11.3 Å². The molecule has 0 saturated carbocycles. The molecule has 6 heteroatoms. The quantitative estimate of drug-likeness (QED) is 0.547. The first kappa shape index (κ1) is 17.2. The van der Waals surface area contributed by atoms with E-state index >= 15 is 0 Å². The van der Waals surface area contributed by atoms with Gasteiger partial charge in [-0.15, -0.1) is 11.3 Å². The molecule has 3 aromatic heterocycles. The van der Waals surface area contributed by atoms with E-state index in [4.69, 9.17) is 4.42 Å². The van der Waals surface area contributed by atoms with Crippen LogP contribution in [0.2, 0.25) is 0 Å². The molecule has 27 heavy (non-hydrogen) atoms. The number of amides is 1. The summed E-state index contributed by atoms with van der Waals surface area (Å²) < 4.78 is 5.53. The van der Waals surface area contributed by atoms with Crippen molar-refractivity contribution in [2.75, 3.05) is 0 Å². The van der Waals surface area contributed by atoms with Crippen molar-refractivity contribution in [1.29, 1.82) is 0 Å². The summed E-state index contributed by atoms with van der Waals surface area (Å²) in [6.07, 6.45) is 3.54. The first-order valence-electron chi connectivity index (χ1n) is 8.53. The number of hydrogen-bond donors (Lipinski definition) is 1. The number of aromatic nitrogens is 2. The van der Waals surface area contributed by atoms with Crippen molar-refractivity contribution in [2.45, 2.75) is 12.5 Å². The first-order valence-corrected chi connectivity index (χ1v) is 9.41. The molecular formula is C21H17N3O2S. The van der Waals surface area contributed by atoms with Gasteiger partial charge in [0, 0.05) is 11.6 Å². The Bertz CT molecular complexity index is 998. The topological polar surface area (TPSA) is 68.0 Å². The zero-order valence-corrected chi connectivity index (χ0v) is 15.2. The summed E-state index contributed by atoms with van der Waals surface area (Å²) in [6, 6.07) is 18.8. The zero-order chi connectivity index (χ0) is 18.5. The third-order valence-electron chi connectivity index (χ3n) is 4.04. The number of furan rings is 1. The number of hydrogen-bond acceptors (Lipinski definition) is 5. The van der Waals surface area contributed by atoms with Crippen LogP contribution in [0.1, 0.15) is 23.1 Å². The van der Waals surface area contributed by atoms with Crippen LogP contribution < -0.4 is 5.32 Å². The fourth-order valence-electron chi connectivity index (χ4n) is 2.79. The summed E-state index contributed by atoms with van der Waals surface area (Å²) in [5.74, 6) is 0.583. The third-order valence-corrected chi connectivity index (χ3v) is 4.96. The second-order valence-corrected chi connectivity index (χ2v) is 6.82. The van der Waals surface area contributed by atoms with Crippen molar-refractivity contribution in [3.05, 3.63) is 95.5 Å². The van der Waals surface area contributed by atoms with Gasteiger partial charge in [-0.05, 0) is 29.8 Å². The lowest BCUT2D eigenvalue weighted by Crippen LogP contribution is -2.30. The van der Waals surface area contributed by atoms with Crippen molar-refractivity contribution >= 4 is 17.2 Å². The average Bonchev–Trinajstić information content (AvgIpc) is 3.40. The lowest BCUT2D eigenvalue weighted by molar-refractivity contribution is -0.121. The highest BCUT2D eigenvalue weighted by atomic mass is 32.1. The third kappa shape index (κ3) is 4.12. The molecule has 0 bridgehead atoms. The van der Waals surface area contributed by atoms with Crippen molar-refractivity contribution in [1.82, 2.24) is 15.3 Å². The smallest absolute Gasteiger partial charge is 0.226 e. The fourth-order valence-corrected chi connectivity index (χ4v) is 3.59. The number of benzene rings is 1. The van der Waals surface area contributed by atoms with Gasteiger partial charge in [-0.1, -0.05) is 36.4 Å². The summed E-state index contributed by atoms with van der Waals surface area (Å²) in [6.45, 7) is 0. The Morgan fingerprint density at radius 3 is 2.67 bits per heavy atom. The molecule has 134 valence electrons. The lowest BCUT2D eigenvalue weighted by atomic mass is 10.0. The van der Waals surface area contributed by atoms with E-state index in [0.717, 1.165) is 22.0 Å². The van der Waals surface area contributed by atoms with E-state index in [1.807, 2.05) is 66.0 Å². The van der Waals surface area contributed by atoms with Crippen LogP contribution in [-0.2, 0) is 11.2 Å². The number of pyridine rings is 1. The van der Waals surface area contributed by atoms with Crippen LogP contribution in [0.25, 0.3) is 10.7 Å². The molecule has 0 aliphatic carbocycles. The zero-order valence-electron chi connectivity index (χ0n) is 14.4. The minimum atomic E-state index is -0.331. The van der Waals surface area contributed by atoms with Crippen molar-refractivity contribution < 1.29 is 9.21 Å². The van der Waals surface area contributed by atoms with Gasteiger partial charge in [0.05, 0.1) is 24.1 Å². The first-order chi connectivity index (χ1) is 13.3. The number of rotatable bonds is 6. The van der Waals surface area contributed by atoms with Gasteiger partial charge in [-0.3, -0.25) is 9.78 Å². The van der Waals surface area contributed by atoms with Gasteiger partial charge in [0.2, 0.25) is 5.91 Å². The summed E-state index contributed by atoms with van der Waals surface area (Å²) in [5, 5.41) is 5.76. The molecule has 1 unspecified atom stereocenters. The summed E-state index contributed by atoms with van der Waals surface area (Å²) in [7, 11) is 0. The molecule has 0 spiro atoms. The Labute approximate surface area is 160 Å². The minimum Gasteiger partial charge on any atom is -0.467 e. The van der Waals surface area contributed by atoms with Crippen molar-refractivity contribution in [3.8, 4) is 10.7 Å². The standard InChI is InChI=1S/C21H17N3O2S/c25-19(13-16-14-27-21(23-16)17-9-4-5-11-22-17)24-20(18-10-6-12-26-18)15-7-2-1-3-8-15/h1-12,14,20H,13H2,(H,24,25). The lowest BCUT2D eigenvalue weighted by Gasteiger charge is -2.17. The van der Waals surface area contributed by atoms with Gasteiger partial charge in [-0.25, -0.2) is 4.98 Å².